The minimum absolute atomic E-state index is 0.365. The third-order valence-electron chi connectivity index (χ3n) is 3.84. The van der Waals surface area contributed by atoms with Gasteiger partial charge in [-0.1, -0.05) is 77.6 Å². The molecule has 0 aliphatic carbocycles. The van der Waals surface area contributed by atoms with Crippen LogP contribution in [0.1, 0.15) is 96.8 Å². The van der Waals surface area contributed by atoms with Crippen LogP contribution < -0.4 is 0 Å². The fourth-order valence-corrected chi connectivity index (χ4v) is 2.43. The molecule has 0 heterocycles. The van der Waals surface area contributed by atoms with Crippen molar-refractivity contribution in [2.45, 2.75) is 96.8 Å². The van der Waals surface area contributed by atoms with E-state index in [1.54, 1.807) is 0 Å². The lowest BCUT2D eigenvalue weighted by Gasteiger charge is -2.04. The van der Waals surface area contributed by atoms with Crippen molar-refractivity contribution in [1.29, 1.82) is 0 Å². The van der Waals surface area contributed by atoms with Gasteiger partial charge < -0.3 is 9.84 Å². The van der Waals surface area contributed by atoms with Gasteiger partial charge in [0.25, 0.3) is 0 Å². The first-order valence-electron chi connectivity index (χ1n) is 9.10. The maximum atomic E-state index is 8.67. The summed E-state index contributed by atoms with van der Waals surface area (Å²) in [5, 5.41) is 8.67. The maximum absolute atomic E-state index is 8.67. The van der Waals surface area contributed by atoms with E-state index in [0.29, 0.717) is 6.61 Å². The zero-order valence-corrected chi connectivity index (χ0v) is 13.9. The molecular formula is C18H38O2. The van der Waals surface area contributed by atoms with Crippen LogP contribution in [0.3, 0.4) is 0 Å². The van der Waals surface area contributed by atoms with E-state index < -0.39 is 0 Å². The molecule has 0 aromatic heterocycles. The van der Waals surface area contributed by atoms with Crippen LogP contribution in [0.2, 0.25) is 0 Å². The van der Waals surface area contributed by atoms with Crippen molar-refractivity contribution in [3.63, 3.8) is 0 Å². The van der Waals surface area contributed by atoms with Crippen molar-refractivity contribution in [2.75, 3.05) is 19.8 Å². The van der Waals surface area contributed by atoms with E-state index in [1.807, 2.05) is 0 Å². The van der Waals surface area contributed by atoms with Gasteiger partial charge in [-0.05, 0) is 19.3 Å². The number of ether oxygens (including phenoxy) is 1. The lowest BCUT2D eigenvalue weighted by Crippen LogP contribution is -1.96. The smallest absolute Gasteiger partial charge is 0.0466 e. The van der Waals surface area contributed by atoms with Crippen molar-refractivity contribution in [2.24, 2.45) is 0 Å². The highest BCUT2D eigenvalue weighted by Crippen LogP contribution is 2.11. The number of rotatable bonds is 17. The van der Waals surface area contributed by atoms with E-state index in [2.05, 4.69) is 6.92 Å². The maximum Gasteiger partial charge on any atom is 0.0466 e. The average Bonchev–Trinajstić information content (AvgIpc) is 2.47. The van der Waals surface area contributed by atoms with Gasteiger partial charge in [0.05, 0.1) is 0 Å². The predicted molar refractivity (Wildman–Crippen MR) is 88.2 cm³/mol. The Morgan fingerprint density at radius 2 is 0.950 bits per heavy atom. The molecule has 0 aliphatic heterocycles. The molecule has 0 aliphatic rings. The first-order valence-corrected chi connectivity index (χ1v) is 9.10. The van der Waals surface area contributed by atoms with Crippen LogP contribution in [-0.4, -0.2) is 24.9 Å². The molecule has 0 amide bonds. The Labute approximate surface area is 127 Å². The summed E-state index contributed by atoms with van der Waals surface area (Å²) in [5.41, 5.74) is 0. The molecule has 0 atom stereocenters. The van der Waals surface area contributed by atoms with Crippen LogP contribution in [0.4, 0.5) is 0 Å². The second kappa shape index (κ2) is 18.9. The van der Waals surface area contributed by atoms with Gasteiger partial charge >= 0.3 is 0 Å². The molecule has 0 rings (SSSR count). The number of aliphatic hydroxyl groups is 1. The fraction of sp³-hybridized carbons (Fsp3) is 1.00. The quantitative estimate of drug-likeness (QED) is 0.359. The SMILES string of the molecule is CCCCOCCCCCCCCCCCCCCO. The number of hydrogen-bond acceptors (Lipinski definition) is 2. The highest BCUT2D eigenvalue weighted by atomic mass is 16.5. The minimum Gasteiger partial charge on any atom is -0.396 e. The zero-order chi connectivity index (χ0) is 14.7. The summed E-state index contributed by atoms with van der Waals surface area (Å²) in [5.74, 6) is 0. The van der Waals surface area contributed by atoms with E-state index in [4.69, 9.17) is 9.84 Å². The van der Waals surface area contributed by atoms with E-state index in [9.17, 15) is 0 Å². The Kier molecular flexibility index (Phi) is 18.8. The summed E-state index contributed by atoms with van der Waals surface area (Å²) < 4.78 is 5.56. The molecule has 0 saturated carbocycles. The van der Waals surface area contributed by atoms with E-state index in [1.165, 1.54) is 83.5 Å². The van der Waals surface area contributed by atoms with Crippen LogP contribution >= 0.6 is 0 Å². The molecule has 0 radical (unpaired) electrons. The van der Waals surface area contributed by atoms with Crippen molar-refractivity contribution in [3.8, 4) is 0 Å². The van der Waals surface area contributed by atoms with Crippen molar-refractivity contribution < 1.29 is 9.84 Å². The van der Waals surface area contributed by atoms with Crippen molar-refractivity contribution in [1.82, 2.24) is 0 Å². The first kappa shape index (κ1) is 19.9. The van der Waals surface area contributed by atoms with Gasteiger partial charge in [-0.2, -0.15) is 0 Å². The summed E-state index contributed by atoms with van der Waals surface area (Å²) in [6.45, 7) is 4.49. The van der Waals surface area contributed by atoms with Gasteiger partial charge in [-0.3, -0.25) is 0 Å². The fourth-order valence-electron chi connectivity index (χ4n) is 2.43. The summed E-state index contributed by atoms with van der Waals surface area (Å²) in [7, 11) is 0. The van der Waals surface area contributed by atoms with Gasteiger partial charge in [0.15, 0.2) is 0 Å². The molecule has 0 bridgehead atoms. The van der Waals surface area contributed by atoms with Crippen LogP contribution in [0.25, 0.3) is 0 Å². The topological polar surface area (TPSA) is 29.5 Å². The number of unbranched alkanes of at least 4 members (excludes halogenated alkanes) is 12. The van der Waals surface area contributed by atoms with Crippen molar-refractivity contribution >= 4 is 0 Å². The first-order chi connectivity index (χ1) is 9.91. The predicted octanol–water partition coefficient (Wildman–Crippen LogP) is 5.48. The molecule has 0 unspecified atom stereocenters. The minimum atomic E-state index is 0.365. The molecule has 0 aromatic rings. The number of hydrogen-bond donors (Lipinski definition) is 1. The van der Waals surface area contributed by atoms with Crippen LogP contribution in [0, 0.1) is 0 Å². The summed E-state index contributed by atoms with van der Waals surface area (Å²) >= 11 is 0. The summed E-state index contributed by atoms with van der Waals surface area (Å²) in [6, 6.07) is 0. The van der Waals surface area contributed by atoms with Gasteiger partial charge in [0, 0.05) is 19.8 Å². The molecule has 1 N–H and O–H groups in total. The largest absolute Gasteiger partial charge is 0.396 e. The molecule has 0 fully saturated rings. The molecule has 0 saturated heterocycles. The third-order valence-corrected chi connectivity index (χ3v) is 3.84. The Balaban J connectivity index is 2.89. The van der Waals surface area contributed by atoms with Gasteiger partial charge in [-0.15, -0.1) is 0 Å². The average molecular weight is 286 g/mol. The standard InChI is InChI=1S/C18H38O2/c1-2-3-17-20-18-15-13-11-9-7-5-4-6-8-10-12-14-16-19/h19H,2-18H2,1H3. The normalized spacial score (nSPS) is 11.1. The monoisotopic (exact) mass is 286 g/mol. The highest BCUT2D eigenvalue weighted by Gasteiger charge is 1.94. The molecule has 122 valence electrons. The van der Waals surface area contributed by atoms with Crippen LogP contribution in [0.5, 0.6) is 0 Å². The van der Waals surface area contributed by atoms with Crippen LogP contribution in [-0.2, 0) is 4.74 Å². The summed E-state index contributed by atoms with van der Waals surface area (Å²) in [4.78, 5) is 0. The van der Waals surface area contributed by atoms with Crippen LogP contribution in [0.15, 0.2) is 0 Å². The van der Waals surface area contributed by atoms with Gasteiger partial charge in [0.1, 0.15) is 0 Å². The van der Waals surface area contributed by atoms with Gasteiger partial charge in [0.2, 0.25) is 0 Å². The van der Waals surface area contributed by atoms with E-state index in [0.717, 1.165) is 19.6 Å². The molecule has 2 nitrogen and oxygen atoms in total. The molecular weight excluding hydrogens is 248 g/mol. The third kappa shape index (κ3) is 17.9. The number of aliphatic hydroxyl groups excluding tert-OH is 1. The van der Waals surface area contributed by atoms with Gasteiger partial charge in [-0.25, -0.2) is 0 Å². The van der Waals surface area contributed by atoms with Crippen molar-refractivity contribution in [3.05, 3.63) is 0 Å². The Morgan fingerprint density at radius 1 is 0.550 bits per heavy atom. The molecule has 0 spiro atoms. The second-order valence-corrected chi connectivity index (χ2v) is 5.93. The molecule has 0 aromatic carbocycles. The lowest BCUT2D eigenvalue weighted by molar-refractivity contribution is 0.127. The highest BCUT2D eigenvalue weighted by molar-refractivity contribution is 4.49. The Hall–Kier alpha value is -0.0800. The second-order valence-electron chi connectivity index (χ2n) is 5.93. The molecule has 2 heteroatoms. The molecule has 20 heavy (non-hydrogen) atoms. The van der Waals surface area contributed by atoms with E-state index >= 15 is 0 Å². The van der Waals surface area contributed by atoms with E-state index in [-0.39, 0.29) is 0 Å². The Bertz CT molecular complexity index is 141. The zero-order valence-electron chi connectivity index (χ0n) is 13.9. The summed E-state index contributed by atoms with van der Waals surface area (Å²) in [6.07, 6.45) is 18.3. The lowest BCUT2D eigenvalue weighted by atomic mass is 10.1. The Morgan fingerprint density at radius 3 is 1.40 bits per heavy atom.